The van der Waals surface area contributed by atoms with Crippen molar-refractivity contribution in [1.82, 2.24) is 5.32 Å². The minimum atomic E-state index is -2.31. The average molecular weight is 983 g/mol. The molecule has 3 aliphatic heterocycles. The minimum absolute atomic E-state index is 0.00877. The van der Waals surface area contributed by atoms with Crippen LogP contribution < -0.4 is 11.1 Å². The fraction of sp³-hybridized carbons (Fsp3) is 0.680. The molecule has 3 rings (SSSR count). The number of carbonyl (C=O) groups excluding carboxylic acids is 2. The number of fused-ring (bicyclic) bond motifs is 2. The average Bonchev–Trinajstić information content (AvgIpc) is 3.27. The van der Waals surface area contributed by atoms with Crippen LogP contribution in [0.2, 0.25) is 0 Å². The first-order chi connectivity index (χ1) is 32.7. The van der Waals surface area contributed by atoms with Gasteiger partial charge in [-0.1, -0.05) is 98.9 Å². The van der Waals surface area contributed by atoms with E-state index in [1.807, 2.05) is 31.2 Å². The van der Waals surface area contributed by atoms with Gasteiger partial charge in [-0.05, 0) is 39.5 Å². The van der Waals surface area contributed by atoms with Crippen LogP contribution in [-0.4, -0.2) is 174 Å². The van der Waals surface area contributed by atoms with Gasteiger partial charge in [0.15, 0.2) is 12.1 Å². The molecule has 392 valence electrons. The number of carbonyl (C=O) groups is 2. The molecule has 2 fully saturated rings. The number of cyclic esters (lactones) is 1. The van der Waals surface area contributed by atoms with E-state index in [1.54, 1.807) is 81.5 Å². The Bertz CT molecular complexity index is 1750. The molecule has 2 saturated heterocycles. The summed E-state index contributed by atoms with van der Waals surface area (Å²) in [6.45, 7) is 5.97. The normalized spacial score (nSPS) is 43.5. The maximum atomic E-state index is 13.5. The second kappa shape index (κ2) is 30.4. The number of nitrogens with two attached hydrogens (primary N) is 1. The lowest BCUT2D eigenvalue weighted by atomic mass is 9.82. The van der Waals surface area contributed by atoms with Crippen LogP contribution in [0.15, 0.2) is 85.1 Å². The summed E-state index contributed by atoms with van der Waals surface area (Å²) in [6.07, 6.45) is 3.94. The third kappa shape index (κ3) is 20.6. The molecule has 0 aromatic rings. The Morgan fingerprint density at radius 2 is 1.32 bits per heavy atom. The number of alkyl halides is 1. The Morgan fingerprint density at radius 1 is 0.725 bits per heavy atom. The number of allylic oxidation sites excluding steroid dienone is 12. The summed E-state index contributed by atoms with van der Waals surface area (Å²) in [4.78, 5) is 26.2. The Morgan fingerprint density at radius 3 is 1.93 bits per heavy atom. The van der Waals surface area contributed by atoms with Crippen LogP contribution in [0.25, 0.3) is 0 Å². The Balaban J connectivity index is 1.92. The number of aliphatic hydroxyl groups is 10. The van der Waals surface area contributed by atoms with Crippen molar-refractivity contribution in [2.24, 2.45) is 23.5 Å². The summed E-state index contributed by atoms with van der Waals surface area (Å²) >= 11 is 0. The molecule has 69 heavy (non-hydrogen) atoms. The van der Waals surface area contributed by atoms with Crippen molar-refractivity contribution < 1.29 is 84.0 Å². The summed E-state index contributed by atoms with van der Waals surface area (Å²) in [5.74, 6) is -5.85. The Labute approximate surface area is 405 Å². The topological polar surface area (TPSA) is 311 Å². The second-order valence-corrected chi connectivity index (χ2v) is 18.6. The number of hydrogen-bond acceptors (Lipinski definition) is 17. The first-order valence-electron chi connectivity index (χ1n) is 24.0. The van der Waals surface area contributed by atoms with Gasteiger partial charge in [-0.2, -0.15) is 0 Å². The molecular formula is C50H79FN2O16. The lowest BCUT2D eigenvalue weighted by molar-refractivity contribution is -0.307. The molecule has 0 saturated carbocycles. The van der Waals surface area contributed by atoms with Gasteiger partial charge in [0, 0.05) is 44.1 Å². The van der Waals surface area contributed by atoms with Gasteiger partial charge in [0.05, 0.1) is 92.2 Å². The quantitative estimate of drug-likeness (QED) is 0.131. The third-order valence-corrected chi connectivity index (χ3v) is 12.6. The molecule has 0 aromatic carbocycles. The highest BCUT2D eigenvalue weighted by Gasteiger charge is 2.51. The SMILES string of the molecule is C[C@@H]1[C@H](O)[C@@H](C)/C=C/C=C/C=C/C=C/C=C/C=C/C=C/[C@H](O[C@@H]2O[C@H](C)[C@@H](O)[C@H](N)[C@@H]2O)C[C@@H]2O[C@](O)(C[C@@H](O)C[C@@H](O)[C@H](O)CC[C@@H](O)C[C@@H](O)CC(=O)O[C@H]1C)C[C@H](O)[C@H]2C(=O)NCCCF. The molecule has 0 spiro atoms. The molecule has 19 atom stereocenters. The van der Waals surface area contributed by atoms with E-state index >= 15 is 0 Å². The Hall–Kier alpha value is -3.51. The van der Waals surface area contributed by atoms with Crippen molar-refractivity contribution in [3.8, 4) is 0 Å². The van der Waals surface area contributed by atoms with E-state index in [4.69, 9.17) is 24.7 Å². The van der Waals surface area contributed by atoms with Crippen molar-refractivity contribution >= 4 is 11.9 Å². The van der Waals surface area contributed by atoms with Gasteiger partial charge in [-0.3, -0.25) is 14.0 Å². The number of hydrogen-bond donors (Lipinski definition) is 12. The van der Waals surface area contributed by atoms with Crippen molar-refractivity contribution in [2.45, 2.75) is 183 Å². The summed E-state index contributed by atoms with van der Waals surface area (Å²) < 4.78 is 36.5. The predicted octanol–water partition coefficient (Wildman–Crippen LogP) is 1.10. The largest absolute Gasteiger partial charge is 0.462 e. The molecule has 3 aliphatic rings. The van der Waals surface area contributed by atoms with E-state index < -0.39 is 154 Å². The van der Waals surface area contributed by atoms with Crippen LogP contribution in [0.3, 0.4) is 0 Å². The van der Waals surface area contributed by atoms with Crippen LogP contribution in [0, 0.1) is 17.8 Å². The zero-order chi connectivity index (χ0) is 51.3. The molecule has 3 heterocycles. The number of aliphatic hydroxyl groups excluding tert-OH is 9. The maximum absolute atomic E-state index is 13.5. The van der Waals surface area contributed by atoms with E-state index in [0.29, 0.717) is 0 Å². The van der Waals surface area contributed by atoms with Gasteiger partial charge in [-0.15, -0.1) is 0 Å². The van der Waals surface area contributed by atoms with Crippen LogP contribution in [0.1, 0.15) is 85.5 Å². The van der Waals surface area contributed by atoms with Gasteiger partial charge in [-0.25, -0.2) is 0 Å². The van der Waals surface area contributed by atoms with Gasteiger partial charge in [0.2, 0.25) is 5.91 Å². The van der Waals surface area contributed by atoms with E-state index in [1.165, 1.54) is 0 Å². The minimum Gasteiger partial charge on any atom is -0.462 e. The summed E-state index contributed by atoms with van der Waals surface area (Å²) in [5, 5.41) is 112. The van der Waals surface area contributed by atoms with Gasteiger partial charge in [0.1, 0.15) is 12.2 Å². The lowest BCUT2D eigenvalue weighted by Crippen LogP contribution is -2.62. The first kappa shape index (κ1) is 59.8. The molecule has 0 unspecified atom stereocenters. The number of esters is 1. The van der Waals surface area contributed by atoms with E-state index in [2.05, 4.69) is 5.32 Å². The highest BCUT2D eigenvalue weighted by Crippen LogP contribution is 2.38. The van der Waals surface area contributed by atoms with Gasteiger partial charge < -0.3 is 81.1 Å². The van der Waals surface area contributed by atoms with Crippen molar-refractivity contribution in [1.29, 1.82) is 0 Å². The zero-order valence-electron chi connectivity index (χ0n) is 40.1. The molecule has 0 radical (unpaired) electrons. The van der Waals surface area contributed by atoms with Crippen molar-refractivity contribution in [3.63, 3.8) is 0 Å². The standard InChI is InChI=1S/C50H79FN2O16/c1-30-18-15-13-11-9-7-5-6-8-10-12-14-16-19-37(68-49-47(63)44(52)46(62)33(4)67-49)27-41-43(48(64)53-23-17-22-51)40(59)29-50(65,69-41)28-36(56)25-39(58)38(57)21-20-34(54)24-35(55)26-42(60)66-32(3)31(2)45(30)61/h5-16,18-19,30-41,43-47,49,54-59,61-63,65H,17,20-29,52H2,1-4H3,(H,53,64)/b6-5+,9-7+,10-8+,13-11+,14-12+,18-15+,19-16+/t30-,31-,32-,33+,34+,35+,36-,37-,38+,39+,40-,41-,43+,44-,45+,46+,47-,49-,50+/m0/s1. The molecule has 1 amide bonds. The summed E-state index contributed by atoms with van der Waals surface area (Å²) in [7, 11) is 0. The molecule has 2 bridgehead atoms. The molecule has 19 heteroatoms. The molecule has 13 N–H and O–H groups in total. The van der Waals surface area contributed by atoms with E-state index in [-0.39, 0.29) is 44.6 Å². The molecule has 0 aromatic heterocycles. The smallest absolute Gasteiger partial charge is 0.308 e. The van der Waals surface area contributed by atoms with Crippen molar-refractivity contribution in [3.05, 3.63) is 85.1 Å². The monoisotopic (exact) mass is 983 g/mol. The van der Waals surface area contributed by atoms with E-state index in [9.17, 15) is 65.0 Å². The van der Waals surface area contributed by atoms with Crippen LogP contribution >= 0.6 is 0 Å². The molecule has 0 aliphatic carbocycles. The Kier molecular flexibility index (Phi) is 26.3. The van der Waals surface area contributed by atoms with Gasteiger partial charge >= 0.3 is 5.97 Å². The lowest BCUT2D eigenvalue weighted by Gasteiger charge is -2.46. The highest BCUT2D eigenvalue weighted by atomic mass is 19.1. The predicted molar refractivity (Wildman–Crippen MR) is 253 cm³/mol. The van der Waals surface area contributed by atoms with Crippen LogP contribution in [0.4, 0.5) is 4.39 Å². The highest BCUT2D eigenvalue weighted by molar-refractivity contribution is 5.80. The number of nitrogens with one attached hydrogen (secondary N) is 1. The number of ether oxygens (including phenoxy) is 4. The second-order valence-electron chi connectivity index (χ2n) is 18.6. The number of rotatable bonds is 6. The number of amides is 1. The maximum Gasteiger partial charge on any atom is 0.308 e. The fourth-order valence-electron chi connectivity index (χ4n) is 8.39. The third-order valence-electron chi connectivity index (χ3n) is 12.6. The number of halogens is 1. The van der Waals surface area contributed by atoms with E-state index in [0.717, 1.165) is 0 Å². The molecular weight excluding hydrogens is 904 g/mol. The van der Waals surface area contributed by atoms with Gasteiger partial charge in [0.25, 0.3) is 0 Å². The molecule has 18 nitrogen and oxygen atoms in total. The fourth-order valence-corrected chi connectivity index (χ4v) is 8.39. The summed E-state index contributed by atoms with van der Waals surface area (Å²) in [5.41, 5.74) is 6.07. The summed E-state index contributed by atoms with van der Waals surface area (Å²) in [6, 6.07) is -1.15. The van der Waals surface area contributed by atoms with Crippen molar-refractivity contribution in [2.75, 3.05) is 13.2 Å². The zero-order valence-corrected chi connectivity index (χ0v) is 40.1. The first-order valence-corrected chi connectivity index (χ1v) is 24.0. The van der Waals surface area contributed by atoms with Crippen LogP contribution in [0.5, 0.6) is 0 Å². The van der Waals surface area contributed by atoms with Crippen LogP contribution in [-0.2, 0) is 28.5 Å².